The lowest BCUT2D eigenvalue weighted by Gasteiger charge is -2.24. The minimum atomic E-state index is -0.353. The van der Waals surface area contributed by atoms with Gasteiger partial charge in [-0.3, -0.25) is 14.9 Å². The molecule has 0 aromatic carbocycles. The fourth-order valence-electron chi connectivity index (χ4n) is 2.14. The molecule has 1 fully saturated rings. The molecule has 2 amide bonds. The van der Waals surface area contributed by atoms with Gasteiger partial charge in [0, 0.05) is 19.1 Å². The molecule has 5 heteroatoms. The maximum Gasteiger partial charge on any atom is 0.239 e. The Hall–Kier alpha value is -1.10. The maximum absolute atomic E-state index is 12.1. The lowest BCUT2D eigenvalue weighted by Crippen LogP contribution is -2.52. The Morgan fingerprint density at radius 1 is 1.00 bits per heavy atom. The Labute approximate surface area is 109 Å². The van der Waals surface area contributed by atoms with Crippen molar-refractivity contribution in [3.63, 3.8) is 0 Å². The molecule has 0 aliphatic carbocycles. The van der Waals surface area contributed by atoms with Crippen LogP contribution in [0.5, 0.6) is 0 Å². The van der Waals surface area contributed by atoms with Crippen LogP contribution in [0.3, 0.4) is 0 Å². The third-order valence-electron chi connectivity index (χ3n) is 3.11. The molecule has 0 radical (unpaired) electrons. The zero-order valence-electron chi connectivity index (χ0n) is 11.8. The highest BCUT2D eigenvalue weighted by molar-refractivity contribution is 5.85. The van der Waals surface area contributed by atoms with Crippen molar-refractivity contribution in [1.29, 1.82) is 0 Å². The molecule has 1 rings (SSSR count). The van der Waals surface area contributed by atoms with Crippen molar-refractivity contribution >= 4 is 11.8 Å². The van der Waals surface area contributed by atoms with Crippen molar-refractivity contribution in [2.75, 3.05) is 13.1 Å². The zero-order chi connectivity index (χ0) is 13.7. The number of rotatable bonds is 5. The fourth-order valence-corrected chi connectivity index (χ4v) is 2.14. The molecule has 104 valence electrons. The van der Waals surface area contributed by atoms with Gasteiger partial charge in [0.25, 0.3) is 0 Å². The van der Waals surface area contributed by atoms with E-state index < -0.39 is 0 Å². The molecule has 0 aromatic heterocycles. The first-order valence-corrected chi connectivity index (χ1v) is 6.77. The van der Waals surface area contributed by atoms with E-state index in [1.807, 2.05) is 25.7 Å². The normalized spacial score (nSPS) is 18.8. The summed E-state index contributed by atoms with van der Waals surface area (Å²) in [6, 6.07) is -0.545. The van der Waals surface area contributed by atoms with Crippen LogP contribution < -0.4 is 10.6 Å². The molecule has 2 N–H and O–H groups in total. The largest absolute Gasteiger partial charge is 0.353 e. The molecule has 18 heavy (non-hydrogen) atoms. The van der Waals surface area contributed by atoms with Crippen molar-refractivity contribution in [2.24, 2.45) is 0 Å². The van der Waals surface area contributed by atoms with Gasteiger partial charge in [0.15, 0.2) is 0 Å². The van der Waals surface area contributed by atoms with Crippen LogP contribution in [-0.2, 0) is 9.59 Å². The predicted octanol–water partition coefficient (Wildman–Crippen LogP) is 0.500. The van der Waals surface area contributed by atoms with E-state index in [2.05, 4.69) is 10.6 Å². The van der Waals surface area contributed by atoms with E-state index in [9.17, 15) is 9.59 Å². The maximum atomic E-state index is 12.1. The average Bonchev–Trinajstić information content (AvgIpc) is 2.80. The lowest BCUT2D eigenvalue weighted by atomic mass is 10.2. The number of carbonyl (C=O) groups excluding carboxylic acids is 2. The molecular formula is C13H25N3O2. The number of amides is 2. The SMILES string of the molecule is CC(C)NC(=O)C(C)NC(C)C(=O)N1CCCC1. The second-order valence-corrected chi connectivity index (χ2v) is 5.31. The van der Waals surface area contributed by atoms with E-state index in [0.717, 1.165) is 25.9 Å². The van der Waals surface area contributed by atoms with E-state index in [1.54, 1.807) is 6.92 Å². The molecule has 1 aliphatic heterocycles. The van der Waals surface area contributed by atoms with Gasteiger partial charge >= 0.3 is 0 Å². The average molecular weight is 255 g/mol. The molecule has 0 bridgehead atoms. The van der Waals surface area contributed by atoms with Crippen molar-refractivity contribution < 1.29 is 9.59 Å². The topological polar surface area (TPSA) is 61.4 Å². The van der Waals surface area contributed by atoms with Crippen LogP contribution in [-0.4, -0.2) is 47.9 Å². The van der Waals surface area contributed by atoms with E-state index in [-0.39, 0.29) is 29.9 Å². The number of hydrogen-bond donors (Lipinski definition) is 2. The predicted molar refractivity (Wildman–Crippen MR) is 71.2 cm³/mol. The number of nitrogens with one attached hydrogen (secondary N) is 2. The summed E-state index contributed by atoms with van der Waals surface area (Å²) in [7, 11) is 0. The molecule has 0 spiro atoms. The van der Waals surface area contributed by atoms with Crippen LogP contribution in [0.4, 0.5) is 0 Å². The van der Waals surface area contributed by atoms with Gasteiger partial charge in [0.1, 0.15) is 0 Å². The van der Waals surface area contributed by atoms with Gasteiger partial charge in [-0.25, -0.2) is 0 Å². The summed E-state index contributed by atoms with van der Waals surface area (Å²) in [4.78, 5) is 25.7. The van der Waals surface area contributed by atoms with Crippen LogP contribution in [0.15, 0.2) is 0 Å². The second-order valence-electron chi connectivity index (χ2n) is 5.31. The Balaban J connectivity index is 2.40. The first-order valence-electron chi connectivity index (χ1n) is 6.77. The molecular weight excluding hydrogens is 230 g/mol. The Bertz CT molecular complexity index is 299. The summed E-state index contributed by atoms with van der Waals surface area (Å²) in [5.41, 5.74) is 0. The van der Waals surface area contributed by atoms with Gasteiger partial charge in [-0.15, -0.1) is 0 Å². The van der Waals surface area contributed by atoms with Crippen LogP contribution in [0, 0.1) is 0 Å². The fraction of sp³-hybridized carbons (Fsp3) is 0.846. The minimum absolute atomic E-state index is 0.0638. The van der Waals surface area contributed by atoms with Crippen LogP contribution in [0.25, 0.3) is 0 Å². The van der Waals surface area contributed by atoms with E-state index >= 15 is 0 Å². The monoisotopic (exact) mass is 255 g/mol. The number of hydrogen-bond acceptors (Lipinski definition) is 3. The van der Waals surface area contributed by atoms with Crippen molar-refractivity contribution in [1.82, 2.24) is 15.5 Å². The summed E-state index contributed by atoms with van der Waals surface area (Å²) in [5, 5.41) is 5.89. The highest BCUT2D eigenvalue weighted by Crippen LogP contribution is 2.09. The van der Waals surface area contributed by atoms with Gasteiger partial charge in [-0.1, -0.05) is 0 Å². The number of carbonyl (C=O) groups is 2. The molecule has 1 aliphatic rings. The van der Waals surface area contributed by atoms with Crippen LogP contribution >= 0.6 is 0 Å². The molecule has 0 aromatic rings. The van der Waals surface area contributed by atoms with E-state index in [0.29, 0.717) is 0 Å². The quantitative estimate of drug-likeness (QED) is 0.752. The third kappa shape index (κ3) is 4.29. The lowest BCUT2D eigenvalue weighted by molar-refractivity contribution is -0.132. The Morgan fingerprint density at radius 2 is 1.56 bits per heavy atom. The van der Waals surface area contributed by atoms with Crippen molar-refractivity contribution in [3.8, 4) is 0 Å². The van der Waals surface area contributed by atoms with Gasteiger partial charge in [0.05, 0.1) is 12.1 Å². The van der Waals surface area contributed by atoms with E-state index in [4.69, 9.17) is 0 Å². The van der Waals surface area contributed by atoms with Gasteiger partial charge < -0.3 is 10.2 Å². The summed E-state index contributed by atoms with van der Waals surface area (Å²) >= 11 is 0. The van der Waals surface area contributed by atoms with Gasteiger partial charge in [-0.05, 0) is 40.5 Å². The molecule has 1 saturated heterocycles. The number of likely N-dealkylation sites (tertiary alicyclic amines) is 1. The van der Waals surface area contributed by atoms with Crippen molar-refractivity contribution in [2.45, 2.75) is 58.7 Å². The van der Waals surface area contributed by atoms with Crippen LogP contribution in [0.1, 0.15) is 40.5 Å². The molecule has 2 atom stereocenters. The molecule has 1 heterocycles. The summed E-state index contributed by atoms with van der Waals surface area (Å²) in [6.45, 7) is 9.13. The summed E-state index contributed by atoms with van der Waals surface area (Å²) in [6.07, 6.45) is 2.17. The zero-order valence-corrected chi connectivity index (χ0v) is 11.8. The molecule has 0 saturated carbocycles. The number of nitrogens with zero attached hydrogens (tertiary/aromatic N) is 1. The molecule has 5 nitrogen and oxygen atoms in total. The standard InChI is InChI=1S/C13H25N3O2/c1-9(2)14-12(17)10(3)15-11(4)13(18)16-7-5-6-8-16/h9-11,15H,5-8H2,1-4H3,(H,14,17). The first-order chi connectivity index (χ1) is 8.41. The van der Waals surface area contributed by atoms with E-state index in [1.165, 1.54) is 0 Å². The summed E-state index contributed by atoms with van der Waals surface area (Å²) < 4.78 is 0. The second kappa shape index (κ2) is 6.73. The van der Waals surface area contributed by atoms with Crippen molar-refractivity contribution in [3.05, 3.63) is 0 Å². The smallest absolute Gasteiger partial charge is 0.239 e. The van der Waals surface area contributed by atoms with Crippen LogP contribution in [0.2, 0.25) is 0 Å². The summed E-state index contributed by atoms with van der Waals surface area (Å²) in [5.74, 6) is 0.0303. The Kier molecular flexibility index (Phi) is 5.59. The van der Waals surface area contributed by atoms with Gasteiger partial charge in [0.2, 0.25) is 11.8 Å². The minimum Gasteiger partial charge on any atom is -0.353 e. The highest BCUT2D eigenvalue weighted by atomic mass is 16.2. The third-order valence-corrected chi connectivity index (χ3v) is 3.11. The first kappa shape index (κ1) is 15.0. The Morgan fingerprint density at radius 3 is 2.06 bits per heavy atom. The molecule has 2 unspecified atom stereocenters. The van der Waals surface area contributed by atoms with Gasteiger partial charge in [-0.2, -0.15) is 0 Å². The highest BCUT2D eigenvalue weighted by Gasteiger charge is 2.25.